The second-order valence-corrected chi connectivity index (χ2v) is 3.16. The average Bonchev–Trinajstić information content (AvgIpc) is 2.20. The summed E-state index contributed by atoms with van der Waals surface area (Å²) >= 11 is 0. The molecule has 0 aliphatic heterocycles. The molecule has 1 amide bonds. The zero-order valence-electron chi connectivity index (χ0n) is 9.09. The summed E-state index contributed by atoms with van der Waals surface area (Å²) < 4.78 is 0. The maximum atomic E-state index is 11.0. The standard InChI is InChI=1S/C9H15N5O/c1-5-8(10)13-6(2)14-9(5)12-4-7(15)11-3/h4H2,1-3H3,(H,11,15)(H3,10,12,13,14). The van der Waals surface area contributed by atoms with E-state index in [4.69, 9.17) is 5.73 Å². The first-order chi connectivity index (χ1) is 7.04. The quantitative estimate of drug-likeness (QED) is 0.643. The van der Waals surface area contributed by atoms with E-state index in [0.29, 0.717) is 17.5 Å². The Bertz CT molecular complexity index is 377. The van der Waals surface area contributed by atoms with E-state index in [1.165, 1.54) is 0 Å². The molecule has 6 heteroatoms. The summed E-state index contributed by atoms with van der Waals surface area (Å²) in [5.74, 6) is 1.51. The van der Waals surface area contributed by atoms with Crippen LogP contribution in [0.15, 0.2) is 0 Å². The number of nitrogens with two attached hydrogens (primary N) is 1. The van der Waals surface area contributed by atoms with Gasteiger partial charge in [0.15, 0.2) is 0 Å². The summed E-state index contributed by atoms with van der Waals surface area (Å²) in [6.07, 6.45) is 0. The van der Waals surface area contributed by atoms with Crippen LogP contribution in [0.1, 0.15) is 11.4 Å². The highest BCUT2D eigenvalue weighted by Crippen LogP contribution is 2.16. The van der Waals surface area contributed by atoms with Gasteiger partial charge in [0, 0.05) is 12.6 Å². The highest BCUT2D eigenvalue weighted by atomic mass is 16.1. The molecule has 0 fully saturated rings. The molecule has 0 aliphatic carbocycles. The molecule has 0 unspecified atom stereocenters. The number of hydrogen-bond donors (Lipinski definition) is 3. The van der Waals surface area contributed by atoms with Crippen LogP contribution in [0.3, 0.4) is 0 Å². The third kappa shape index (κ3) is 2.80. The Labute approximate surface area is 88.3 Å². The smallest absolute Gasteiger partial charge is 0.239 e. The summed E-state index contributed by atoms with van der Waals surface area (Å²) in [6, 6.07) is 0. The molecule has 0 aliphatic rings. The molecule has 0 spiro atoms. The van der Waals surface area contributed by atoms with Crippen LogP contribution in [0, 0.1) is 13.8 Å². The third-order valence-electron chi connectivity index (χ3n) is 1.99. The van der Waals surface area contributed by atoms with Gasteiger partial charge in [0.25, 0.3) is 0 Å². The minimum Gasteiger partial charge on any atom is -0.383 e. The topological polar surface area (TPSA) is 92.9 Å². The van der Waals surface area contributed by atoms with Crippen molar-refractivity contribution >= 4 is 17.5 Å². The van der Waals surface area contributed by atoms with Crippen LogP contribution in [-0.4, -0.2) is 29.5 Å². The number of likely N-dealkylation sites (N-methyl/N-ethyl adjacent to an activating group) is 1. The number of rotatable bonds is 3. The SMILES string of the molecule is CNC(=O)CNc1nc(C)nc(N)c1C. The molecule has 0 saturated heterocycles. The second kappa shape index (κ2) is 4.59. The fourth-order valence-electron chi connectivity index (χ4n) is 1.07. The third-order valence-corrected chi connectivity index (χ3v) is 1.99. The lowest BCUT2D eigenvalue weighted by Crippen LogP contribution is -2.27. The number of amides is 1. The number of anilines is 2. The van der Waals surface area contributed by atoms with Crippen molar-refractivity contribution < 1.29 is 4.79 Å². The van der Waals surface area contributed by atoms with Gasteiger partial charge < -0.3 is 16.4 Å². The van der Waals surface area contributed by atoms with Crippen LogP contribution in [-0.2, 0) is 4.79 Å². The summed E-state index contributed by atoms with van der Waals surface area (Å²) in [5, 5.41) is 5.41. The zero-order chi connectivity index (χ0) is 11.4. The molecule has 6 nitrogen and oxygen atoms in total. The molecular formula is C9H15N5O. The van der Waals surface area contributed by atoms with Gasteiger partial charge in [-0.25, -0.2) is 9.97 Å². The van der Waals surface area contributed by atoms with Crippen molar-refractivity contribution in [3.8, 4) is 0 Å². The van der Waals surface area contributed by atoms with E-state index < -0.39 is 0 Å². The first kappa shape index (κ1) is 11.2. The Morgan fingerprint density at radius 3 is 2.67 bits per heavy atom. The Balaban J connectivity index is 2.81. The van der Waals surface area contributed by atoms with Gasteiger partial charge in [0.05, 0.1) is 6.54 Å². The number of nitrogens with one attached hydrogen (secondary N) is 2. The average molecular weight is 209 g/mol. The highest BCUT2D eigenvalue weighted by molar-refractivity contribution is 5.80. The van der Waals surface area contributed by atoms with Crippen molar-refractivity contribution in [2.45, 2.75) is 13.8 Å². The van der Waals surface area contributed by atoms with Crippen molar-refractivity contribution in [1.82, 2.24) is 15.3 Å². The largest absolute Gasteiger partial charge is 0.383 e. The van der Waals surface area contributed by atoms with Crippen molar-refractivity contribution in [2.24, 2.45) is 0 Å². The first-order valence-corrected chi connectivity index (χ1v) is 4.59. The lowest BCUT2D eigenvalue weighted by molar-refractivity contribution is -0.118. The second-order valence-electron chi connectivity index (χ2n) is 3.16. The number of hydrogen-bond acceptors (Lipinski definition) is 5. The molecule has 0 atom stereocenters. The summed E-state index contributed by atoms with van der Waals surface area (Å²) in [5.41, 5.74) is 6.42. The maximum Gasteiger partial charge on any atom is 0.239 e. The number of carbonyl (C=O) groups is 1. The van der Waals surface area contributed by atoms with Crippen LogP contribution in [0.4, 0.5) is 11.6 Å². The number of nitrogen functional groups attached to an aromatic ring is 1. The Hall–Kier alpha value is -1.85. The normalized spacial score (nSPS) is 9.80. The summed E-state index contributed by atoms with van der Waals surface area (Å²) in [6.45, 7) is 3.73. The number of aromatic nitrogens is 2. The minimum atomic E-state index is -0.107. The molecule has 0 saturated carbocycles. The van der Waals surface area contributed by atoms with Crippen molar-refractivity contribution in [2.75, 3.05) is 24.6 Å². The molecule has 0 radical (unpaired) electrons. The van der Waals surface area contributed by atoms with Gasteiger partial charge in [0.1, 0.15) is 17.5 Å². The van der Waals surface area contributed by atoms with Crippen molar-refractivity contribution in [3.63, 3.8) is 0 Å². The van der Waals surface area contributed by atoms with Crippen molar-refractivity contribution in [3.05, 3.63) is 11.4 Å². The van der Waals surface area contributed by atoms with Crippen LogP contribution in [0.5, 0.6) is 0 Å². The molecule has 4 N–H and O–H groups in total. The van der Waals surface area contributed by atoms with E-state index in [1.807, 2.05) is 0 Å². The molecule has 1 heterocycles. The number of aryl methyl sites for hydroxylation is 1. The van der Waals surface area contributed by atoms with Crippen LogP contribution < -0.4 is 16.4 Å². The molecule has 1 aromatic heterocycles. The summed E-state index contributed by atoms with van der Waals surface area (Å²) in [4.78, 5) is 19.2. The lowest BCUT2D eigenvalue weighted by atomic mass is 10.3. The van der Waals surface area contributed by atoms with E-state index in [2.05, 4.69) is 20.6 Å². The Morgan fingerprint density at radius 2 is 2.07 bits per heavy atom. The lowest BCUT2D eigenvalue weighted by Gasteiger charge is -2.09. The predicted molar refractivity (Wildman–Crippen MR) is 58.5 cm³/mol. The van der Waals surface area contributed by atoms with Gasteiger partial charge in [-0.05, 0) is 13.8 Å². The fraction of sp³-hybridized carbons (Fsp3) is 0.444. The van der Waals surface area contributed by atoms with E-state index in [1.54, 1.807) is 20.9 Å². The fourth-order valence-corrected chi connectivity index (χ4v) is 1.07. The first-order valence-electron chi connectivity index (χ1n) is 4.59. The maximum absolute atomic E-state index is 11.0. The summed E-state index contributed by atoms with van der Waals surface area (Å²) in [7, 11) is 1.58. The van der Waals surface area contributed by atoms with E-state index in [-0.39, 0.29) is 12.5 Å². The monoisotopic (exact) mass is 209 g/mol. The number of carbonyl (C=O) groups excluding carboxylic acids is 1. The molecule has 0 bridgehead atoms. The van der Waals surface area contributed by atoms with Gasteiger partial charge in [-0.15, -0.1) is 0 Å². The van der Waals surface area contributed by atoms with Crippen LogP contribution >= 0.6 is 0 Å². The van der Waals surface area contributed by atoms with Crippen LogP contribution in [0.25, 0.3) is 0 Å². The molecular weight excluding hydrogens is 194 g/mol. The molecule has 1 aromatic rings. The number of nitrogens with zero attached hydrogens (tertiary/aromatic N) is 2. The molecule has 15 heavy (non-hydrogen) atoms. The predicted octanol–water partition coefficient (Wildman–Crippen LogP) is -0.166. The molecule has 1 rings (SSSR count). The van der Waals surface area contributed by atoms with Gasteiger partial charge in [-0.1, -0.05) is 0 Å². The Kier molecular flexibility index (Phi) is 3.43. The van der Waals surface area contributed by atoms with E-state index >= 15 is 0 Å². The zero-order valence-corrected chi connectivity index (χ0v) is 9.09. The van der Waals surface area contributed by atoms with Gasteiger partial charge in [-0.2, -0.15) is 0 Å². The van der Waals surface area contributed by atoms with E-state index in [0.717, 1.165) is 5.56 Å². The molecule has 82 valence electrons. The Morgan fingerprint density at radius 1 is 1.40 bits per heavy atom. The van der Waals surface area contributed by atoms with Gasteiger partial charge >= 0.3 is 0 Å². The van der Waals surface area contributed by atoms with Gasteiger partial charge in [-0.3, -0.25) is 4.79 Å². The van der Waals surface area contributed by atoms with E-state index in [9.17, 15) is 4.79 Å². The van der Waals surface area contributed by atoms with Gasteiger partial charge in [0.2, 0.25) is 5.91 Å². The van der Waals surface area contributed by atoms with Crippen molar-refractivity contribution in [1.29, 1.82) is 0 Å². The minimum absolute atomic E-state index is 0.107. The highest BCUT2D eigenvalue weighted by Gasteiger charge is 2.07. The van der Waals surface area contributed by atoms with Crippen LogP contribution in [0.2, 0.25) is 0 Å². The molecule has 0 aromatic carbocycles.